The van der Waals surface area contributed by atoms with Gasteiger partial charge in [-0.25, -0.2) is 0 Å². The Kier molecular flexibility index (Phi) is 5.20. The summed E-state index contributed by atoms with van der Waals surface area (Å²) in [5, 5.41) is 0. The lowest BCUT2D eigenvalue weighted by molar-refractivity contribution is -0.206. The van der Waals surface area contributed by atoms with Gasteiger partial charge in [0.15, 0.2) is 6.29 Å². The number of rotatable bonds is 5. The number of terminal acetylenes is 1. The average Bonchev–Trinajstić information content (AvgIpc) is 2.48. The second-order valence-corrected chi connectivity index (χ2v) is 4.85. The number of hydrogen-bond acceptors (Lipinski definition) is 2. The molecule has 0 amide bonds. The minimum atomic E-state index is -0.248. The summed E-state index contributed by atoms with van der Waals surface area (Å²) in [7, 11) is 0. The van der Waals surface area contributed by atoms with Crippen LogP contribution in [-0.4, -0.2) is 13.2 Å². The number of hydrogen-bond donors (Lipinski definition) is 0. The van der Waals surface area contributed by atoms with Crippen LogP contribution in [0.15, 0.2) is 36.9 Å². The molecule has 0 radical (unpaired) electrons. The molecule has 0 bridgehead atoms. The van der Waals surface area contributed by atoms with Crippen molar-refractivity contribution in [3.8, 4) is 12.3 Å². The molecule has 1 saturated heterocycles. The fourth-order valence-electron chi connectivity index (χ4n) is 2.19. The molecule has 19 heavy (non-hydrogen) atoms. The lowest BCUT2D eigenvalue weighted by Crippen LogP contribution is -2.27. The molecule has 1 fully saturated rings. The highest BCUT2D eigenvalue weighted by Gasteiger charge is 2.22. The molecule has 1 heterocycles. The van der Waals surface area contributed by atoms with Crippen molar-refractivity contribution >= 4 is 0 Å². The van der Waals surface area contributed by atoms with Crippen LogP contribution >= 0.6 is 0 Å². The van der Waals surface area contributed by atoms with Gasteiger partial charge in [0.1, 0.15) is 0 Å². The Bertz CT molecular complexity index is 433. The Morgan fingerprint density at radius 2 is 1.95 bits per heavy atom. The highest BCUT2D eigenvalue weighted by atomic mass is 16.7. The first-order valence-electron chi connectivity index (χ1n) is 6.74. The third-order valence-electron chi connectivity index (χ3n) is 3.34. The van der Waals surface area contributed by atoms with Crippen molar-refractivity contribution in [3.05, 3.63) is 48.0 Å². The molecule has 2 heteroatoms. The summed E-state index contributed by atoms with van der Waals surface area (Å²) < 4.78 is 11.6. The minimum absolute atomic E-state index is 0.248. The average molecular weight is 256 g/mol. The van der Waals surface area contributed by atoms with Crippen LogP contribution in [0.4, 0.5) is 0 Å². The van der Waals surface area contributed by atoms with E-state index in [0.717, 1.165) is 43.6 Å². The van der Waals surface area contributed by atoms with Crippen molar-refractivity contribution in [2.24, 2.45) is 5.92 Å². The maximum absolute atomic E-state index is 5.78. The van der Waals surface area contributed by atoms with Gasteiger partial charge < -0.3 is 9.47 Å². The molecule has 0 spiro atoms. The zero-order valence-electron chi connectivity index (χ0n) is 11.2. The third kappa shape index (κ3) is 3.96. The van der Waals surface area contributed by atoms with E-state index >= 15 is 0 Å². The third-order valence-corrected chi connectivity index (χ3v) is 3.34. The van der Waals surface area contributed by atoms with Gasteiger partial charge in [-0.15, -0.1) is 13.0 Å². The molecule has 0 aliphatic carbocycles. The highest BCUT2D eigenvalue weighted by Crippen LogP contribution is 2.27. The summed E-state index contributed by atoms with van der Waals surface area (Å²) in [5.41, 5.74) is 1.91. The van der Waals surface area contributed by atoms with E-state index in [0.29, 0.717) is 5.92 Å². The van der Waals surface area contributed by atoms with Crippen molar-refractivity contribution in [2.75, 3.05) is 13.2 Å². The Hall–Kier alpha value is -1.56. The molecule has 100 valence electrons. The van der Waals surface area contributed by atoms with E-state index in [1.54, 1.807) is 0 Å². The summed E-state index contributed by atoms with van der Waals surface area (Å²) in [5.74, 6) is 3.10. The Morgan fingerprint density at radius 1 is 1.26 bits per heavy atom. The van der Waals surface area contributed by atoms with Gasteiger partial charge in [-0.2, -0.15) is 0 Å². The maximum atomic E-state index is 5.78. The summed E-state index contributed by atoms with van der Waals surface area (Å²) >= 11 is 0. The zero-order valence-corrected chi connectivity index (χ0v) is 11.2. The first-order valence-corrected chi connectivity index (χ1v) is 6.74. The Balaban J connectivity index is 1.82. The van der Waals surface area contributed by atoms with Crippen molar-refractivity contribution in [1.82, 2.24) is 0 Å². The van der Waals surface area contributed by atoms with Crippen molar-refractivity contribution in [1.29, 1.82) is 0 Å². The molecule has 1 aliphatic rings. The van der Waals surface area contributed by atoms with E-state index in [1.807, 2.05) is 30.3 Å². The van der Waals surface area contributed by atoms with Crippen molar-refractivity contribution in [3.63, 3.8) is 0 Å². The predicted octanol–water partition coefficient (Wildman–Crippen LogP) is 3.69. The molecular formula is C17H20O2. The van der Waals surface area contributed by atoms with E-state index < -0.39 is 0 Å². The number of ether oxygens (including phenoxy) is 2. The standard InChI is InChI=1S/C17H20O2/c1-3-5-6-7-15-12-18-17(19-13-15)16-10-8-14(4-2)9-11-16/h2-3,8-11,15,17H,1,5-7,12-13H2/t15-,17-. The molecule has 0 atom stereocenters. The number of benzene rings is 1. The van der Waals surface area contributed by atoms with Crippen LogP contribution in [0.5, 0.6) is 0 Å². The Morgan fingerprint density at radius 3 is 2.53 bits per heavy atom. The van der Waals surface area contributed by atoms with Crippen LogP contribution < -0.4 is 0 Å². The number of unbranched alkanes of at least 4 members (excludes halogenated alkanes) is 1. The van der Waals surface area contributed by atoms with Gasteiger partial charge in [-0.3, -0.25) is 0 Å². The molecule has 1 aliphatic heterocycles. The largest absolute Gasteiger partial charge is 0.348 e. The smallest absolute Gasteiger partial charge is 0.183 e. The first-order chi connectivity index (χ1) is 9.33. The minimum Gasteiger partial charge on any atom is -0.348 e. The second-order valence-electron chi connectivity index (χ2n) is 4.85. The van der Waals surface area contributed by atoms with E-state index in [2.05, 4.69) is 12.5 Å². The van der Waals surface area contributed by atoms with Gasteiger partial charge in [-0.05, 0) is 31.4 Å². The lowest BCUT2D eigenvalue weighted by Gasteiger charge is -2.29. The first kappa shape index (κ1) is 13.9. The lowest BCUT2D eigenvalue weighted by atomic mass is 10.0. The zero-order chi connectivity index (χ0) is 13.5. The van der Waals surface area contributed by atoms with E-state index in [4.69, 9.17) is 15.9 Å². The fourth-order valence-corrected chi connectivity index (χ4v) is 2.19. The molecule has 0 unspecified atom stereocenters. The van der Waals surface area contributed by atoms with Gasteiger partial charge in [0, 0.05) is 17.0 Å². The second kappa shape index (κ2) is 7.13. The summed E-state index contributed by atoms with van der Waals surface area (Å²) in [6.07, 6.45) is 10.4. The number of allylic oxidation sites excluding steroid dienone is 1. The molecule has 0 aromatic heterocycles. The molecule has 0 saturated carbocycles. The van der Waals surface area contributed by atoms with Gasteiger partial charge in [0.05, 0.1) is 13.2 Å². The molecule has 1 aromatic carbocycles. The molecular weight excluding hydrogens is 236 g/mol. The molecule has 0 N–H and O–H groups in total. The van der Waals surface area contributed by atoms with Crippen LogP contribution in [0, 0.1) is 18.3 Å². The van der Waals surface area contributed by atoms with Crippen LogP contribution in [0.3, 0.4) is 0 Å². The molecule has 2 nitrogen and oxygen atoms in total. The van der Waals surface area contributed by atoms with Gasteiger partial charge in [-0.1, -0.05) is 24.1 Å². The summed E-state index contributed by atoms with van der Waals surface area (Å²) in [4.78, 5) is 0. The van der Waals surface area contributed by atoms with Gasteiger partial charge in [0.2, 0.25) is 0 Å². The quantitative estimate of drug-likeness (QED) is 0.454. The maximum Gasteiger partial charge on any atom is 0.183 e. The summed E-state index contributed by atoms with van der Waals surface area (Å²) in [6, 6.07) is 7.77. The van der Waals surface area contributed by atoms with E-state index in [-0.39, 0.29) is 6.29 Å². The molecule has 2 rings (SSSR count). The van der Waals surface area contributed by atoms with Crippen LogP contribution in [0.1, 0.15) is 36.7 Å². The van der Waals surface area contributed by atoms with Crippen LogP contribution in [0.2, 0.25) is 0 Å². The Labute approximate surface area is 115 Å². The topological polar surface area (TPSA) is 18.5 Å². The summed E-state index contributed by atoms with van der Waals surface area (Å²) in [6.45, 7) is 5.26. The van der Waals surface area contributed by atoms with Crippen molar-refractivity contribution in [2.45, 2.75) is 25.6 Å². The fraction of sp³-hybridized carbons (Fsp3) is 0.412. The predicted molar refractivity (Wildman–Crippen MR) is 76.6 cm³/mol. The van der Waals surface area contributed by atoms with Gasteiger partial charge >= 0.3 is 0 Å². The van der Waals surface area contributed by atoms with Crippen LogP contribution in [-0.2, 0) is 9.47 Å². The normalized spacial score (nSPS) is 22.7. The van der Waals surface area contributed by atoms with Gasteiger partial charge in [0.25, 0.3) is 0 Å². The van der Waals surface area contributed by atoms with Crippen LogP contribution in [0.25, 0.3) is 0 Å². The SMILES string of the molecule is C#Cc1ccc([C@H]2OC[C@H](CCCC=C)CO2)cc1. The van der Waals surface area contributed by atoms with Crippen molar-refractivity contribution < 1.29 is 9.47 Å². The van der Waals surface area contributed by atoms with E-state index in [9.17, 15) is 0 Å². The monoisotopic (exact) mass is 256 g/mol. The highest BCUT2D eigenvalue weighted by molar-refractivity contribution is 5.34. The molecule has 1 aromatic rings. The van der Waals surface area contributed by atoms with E-state index in [1.165, 1.54) is 0 Å².